The minimum atomic E-state index is -0.00409. The van der Waals surface area contributed by atoms with E-state index < -0.39 is 0 Å². The van der Waals surface area contributed by atoms with Gasteiger partial charge in [0.05, 0.1) is 6.10 Å². The Bertz CT molecular complexity index is 330. The van der Waals surface area contributed by atoms with E-state index in [1.165, 1.54) is 0 Å². The van der Waals surface area contributed by atoms with Gasteiger partial charge in [-0.25, -0.2) is 4.99 Å². The Kier molecular flexibility index (Phi) is 11.5. The Labute approximate surface area is 135 Å². The molecule has 0 aromatic heterocycles. The van der Waals surface area contributed by atoms with Crippen LogP contribution in [-0.4, -0.2) is 62.7 Å². The van der Waals surface area contributed by atoms with Crippen LogP contribution in [0.2, 0.25) is 0 Å². The third-order valence-electron chi connectivity index (χ3n) is 3.18. The van der Waals surface area contributed by atoms with Crippen molar-refractivity contribution in [3.05, 3.63) is 0 Å². The first-order chi connectivity index (χ1) is 10.4. The summed E-state index contributed by atoms with van der Waals surface area (Å²) in [6, 6.07) is 0.324. The van der Waals surface area contributed by atoms with Crippen LogP contribution in [0.25, 0.3) is 0 Å². The zero-order chi connectivity index (χ0) is 17.0. The molecule has 0 spiro atoms. The van der Waals surface area contributed by atoms with Crippen LogP contribution in [0.5, 0.6) is 0 Å². The predicted octanol–water partition coefficient (Wildman–Crippen LogP) is 1.61. The van der Waals surface area contributed by atoms with Crippen molar-refractivity contribution in [2.75, 3.05) is 33.8 Å². The zero-order valence-electron chi connectivity index (χ0n) is 15.1. The number of unbranched alkanes of at least 4 members (excludes halogenated alkanes) is 1. The number of nitrogens with one attached hydrogen (secondary N) is 2. The van der Waals surface area contributed by atoms with Gasteiger partial charge in [-0.3, -0.25) is 4.79 Å². The van der Waals surface area contributed by atoms with Crippen molar-refractivity contribution in [1.82, 2.24) is 15.5 Å². The van der Waals surface area contributed by atoms with Crippen LogP contribution in [0, 0.1) is 0 Å². The van der Waals surface area contributed by atoms with E-state index >= 15 is 0 Å². The van der Waals surface area contributed by atoms with Gasteiger partial charge in [-0.2, -0.15) is 0 Å². The molecule has 0 saturated heterocycles. The number of guanidine groups is 1. The fraction of sp³-hybridized carbons (Fsp3) is 0.875. The monoisotopic (exact) mass is 314 g/mol. The smallest absolute Gasteiger partial charge is 0.243 e. The van der Waals surface area contributed by atoms with Crippen LogP contribution in [0.4, 0.5) is 0 Å². The molecule has 0 bridgehead atoms. The molecule has 6 heteroatoms. The largest absolute Gasteiger partial charge is 0.379 e. The van der Waals surface area contributed by atoms with Gasteiger partial charge in [0.15, 0.2) is 5.96 Å². The van der Waals surface area contributed by atoms with E-state index in [-0.39, 0.29) is 18.6 Å². The molecule has 2 N–H and O–H groups in total. The molecule has 0 rings (SSSR count). The summed E-state index contributed by atoms with van der Waals surface area (Å²) in [5.74, 6) is 0.699. The number of aliphatic imine (C=N–C) groups is 1. The van der Waals surface area contributed by atoms with Crippen molar-refractivity contribution in [2.24, 2.45) is 4.99 Å². The Morgan fingerprint density at radius 3 is 2.45 bits per heavy atom. The topological polar surface area (TPSA) is 66.0 Å². The molecule has 22 heavy (non-hydrogen) atoms. The molecule has 0 aliphatic heterocycles. The lowest BCUT2D eigenvalue weighted by atomic mass is 10.3. The molecule has 1 amide bonds. The van der Waals surface area contributed by atoms with E-state index in [0.717, 1.165) is 32.4 Å². The second-order valence-corrected chi connectivity index (χ2v) is 5.96. The Hall–Kier alpha value is -1.30. The lowest BCUT2D eigenvalue weighted by molar-refractivity contribution is -0.127. The van der Waals surface area contributed by atoms with Gasteiger partial charge >= 0.3 is 0 Å². The lowest BCUT2D eigenvalue weighted by Gasteiger charge is -2.17. The number of amides is 1. The third-order valence-corrected chi connectivity index (χ3v) is 3.18. The van der Waals surface area contributed by atoms with E-state index in [4.69, 9.17) is 4.74 Å². The average Bonchev–Trinajstić information content (AvgIpc) is 2.46. The fourth-order valence-electron chi connectivity index (χ4n) is 1.53. The van der Waals surface area contributed by atoms with E-state index in [2.05, 4.69) is 29.5 Å². The number of likely N-dealkylation sites (N-methyl/N-ethyl adjacent to an activating group) is 1. The molecule has 0 aliphatic carbocycles. The summed E-state index contributed by atoms with van der Waals surface area (Å²) in [7, 11) is 3.48. The number of carbonyl (C=O) groups is 1. The van der Waals surface area contributed by atoms with Crippen molar-refractivity contribution in [1.29, 1.82) is 0 Å². The van der Waals surface area contributed by atoms with Crippen molar-refractivity contribution >= 4 is 11.9 Å². The van der Waals surface area contributed by atoms with Crippen LogP contribution in [0.3, 0.4) is 0 Å². The second kappa shape index (κ2) is 12.3. The molecule has 0 aromatic carbocycles. The normalized spacial score (nSPS) is 13.1. The Morgan fingerprint density at radius 1 is 1.23 bits per heavy atom. The Morgan fingerprint density at radius 2 is 1.91 bits per heavy atom. The molecular formula is C16H34N4O2. The van der Waals surface area contributed by atoms with E-state index in [1.54, 1.807) is 19.0 Å². The highest BCUT2D eigenvalue weighted by Crippen LogP contribution is 1.94. The maximum Gasteiger partial charge on any atom is 0.243 e. The first-order valence-corrected chi connectivity index (χ1v) is 8.23. The van der Waals surface area contributed by atoms with Gasteiger partial charge in [-0.15, -0.1) is 0 Å². The molecule has 6 nitrogen and oxygen atoms in total. The molecule has 0 aliphatic rings. The highest BCUT2D eigenvalue weighted by atomic mass is 16.5. The standard InChI is InChI=1S/C16H34N4O2/c1-7-14(4)19-16(18-12-15(21)20(5)6)17-10-8-9-11-22-13(2)3/h13-14H,7-12H2,1-6H3,(H2,17,18,19). The molecule has 0 radical (unpaired) electrons. The molecule has 1 unspecified atom stereocenters. The third kappa shape index (κ3) is 11.4. The van der Waals surface area contributed by atoms with Gasteiger partial charge in [0.25, 0.3) is 0 Å². The van der Waals surface area contributed by atoms with Gasteiger partial charge < -0.3 is 20.3 Å². The first-order valence-electron chi connectivity index (χ1n) is 8.23. The van der Waals surface area contributed by atoms with Gasteiger partial charge in [0.1, 0.15) is 6.54 Å². The maximum atomic E-state index is 11.6. The minimum absolute atomic E-state index is 0.00409. The highest BCUT2D eigenvalue weighted by Gasteiger charge is 2.06. The van der Waals surface area contributed by atoms with Crippen molar-refractivity contribution in [3.8, 4) is 0 Å². The number of hydrogen-bond donors (Lipinski definition) is 2. The zero-order valence-corrected chi connectivity index (χ0v) is 15.1. The summed E-state index contributed by atoms with van der Waals surface area (Å²) in [5.41, 5.74) is 0. The molecular weight excluding hydrogens is 280 g/mol. The van der Waals surface area contributed by atoms with Crippen LogP contribution in [0.15, 0.2) is 4.99 Å². The van der Waals surface area contributed by atoms with Gasteiger partial charge in [-0.1, -0.05) is 6.92 Å². The summed E-state index contributed by atoms with van der Waals surface area (Å²) in [5, 5.41) is 6.59. The van der Waals surface area contributed by atoms with E-state index in [0.29, 0.717) is 12.0 Å². The summed E-state index contributed by atoms with van der Waals surface area (Å²) < 4.78 is 5.51. The number of ether oxygens (including phenoxy) is 1. The number of hydrogen-bond acceptors (Lipinski definition) is 3. The lowest BCUT2D eigenvalue weighted by Crippen LogP contribution is -2.43. The average molecular weight is 314 g/mol. The molecule has 0 aromatic rings. The highest BCUT2D eigenvalue weighted by molar-refractivity contribution is 5.84. The van der Waals surface area contributed by atoms with Gasteiger partial charge in [-0.05, 0) is 40.0 Å². The van der Waals surface area contributed by atoms with Crippen molar-refractivity contribution < 1.29 is 9.53 Å². The number of carbonyl (C=O) groups excluding carboxylic acids is 1. The van der Waals surface area contributed by atoms with Crippen LogP contribution in [-0.2, 0) is 9.53 Å². The van der Waals surface area contributed by atoms with Crippen LogP contribution < -0.4 is 10.6 Å². The second-order valence-electron chi connectivity index (χ2n) is 5.96. The predicted molar refractivity (Wildman–Crippen MR) is 92.2 cm³/mol. The number of nitrogens with zero attached hydrogens (tertiary/aromatic N) is 2. The summed E-state index contributed by atoms with van der Waals surface area (Å²) in [6.45, 7) is 10.1. The van der Waals surface area contributed by atoms with Crippen molar-refractivity contribution in [3.63, 3.8) is 0 Å². The molecule has 130 valence electrons. The fourth-order valence-corrected chi connectivity index (χ4v) is 1.53. The summed E-state index contributed by atoms with van der Waals surface area (Å²) in [4.78, 5) is 17.5. The Balaban J connectivity index is 4.18. The number of rotatable bonds is 10. The first kappa shape index (κ1) is 20.7. The quantitative estimate of drug-likeness (QED) is 0.365. The minimum Gasteiger partial charge on any atom is -0.379 e. The van der Waals surface area contributed by atoms with Gasteiger partial charge in [0, 0.05) is 33.3 Å². The molecule has 0 heterocycles. The van der Waals surface area contributed by atoms with Gasteiger partial charge in [0.2, 0.25) is 5.91 Å². The molecule has 1 atom stereocenters. The maximum absolute atomic E-state index is 11.6. The summed E-state index contributed by atoms with van der Waals surface area (Å²) >= 11 is 0. The van der Waals surface area contributed by atoms with E-state index in [9.17, 15) is 4.79 Å². The molecule has 0 fully saturated rings. The van der Waals surface area contributed by atoms with Crippen LogP contribution >= 0.6 is 0 Å². The van der Waals surface area contributed by atoms with Crippen molar-refractivity contribution in [2.45, 2.75) is 59.1 Å². The van der Waals surface area contributed by atoms with E-state index in [1.807, 2.05) is 13.8 Å². The summed E-state index contributed by atoms with van der Waals surface area (Å²) in [6.07, 6.45) is 3.31. The van der Waals surface area contributed by atoms with Crippen LogP contribution in [0.1, 0.15) is 47.0 Å². The molecule has 0 saturated carbocycles. The SMILES string of the molecule is CCC(C)NC(=NCC(=O)N(C)C)NCCCCOC(C)C.